The molecule has 3 nitrogen and oxygen atoms in total. The minimum Gasteiger partial charge on any atom is -0.359 e. The first-order chi connectivity index (χ1) is 6.33. The van der Waals surface area contributed by atoms with Gasteiger partial charge in [-0.05, 0) is 12.1 Å². The molecule has 0 fully saturated rings. The molecule has 0 saturated carbocycles. The molecule has 64 valence electrons. The van der Waals surface area contributed by atoms with Crippen LogP contribution in [0.15, 0.2) is 29.4 Å². The third-order valence-corrected chi connectivity index (χ3v) is 1.80. The number of isocyanates is 1. The van der Waals surface area contributed by atoms with Crippen molar-refractivity contribution >= 4 is 22.7 Å². The molecule has 1 aromatic carbocycles. The van der Waals surface area contributed by atoms with E-state index in [0.29, 0.717) is 10.9 Å². The molecular weight excluding hydrogens is 171 g/mol. The van der Waals surface area contributed by atoms with Crippen LogP contribution in [0.4, 0.5) is 10.1 Å². The fraction of sp³-hybridized carbons (Fsp3) is 0. The number of aliphatic imine (C=N–C) groups is 1. The largest absolute Gasteiger partial charge is 0.359 e. The van der Waals surface area contributed by atoms with Crippen molar-refractivity contribution in [3.63, 3.8) is 0 Å². The van der Waals surface area contributed by atoms with Crippen LogP contribution in [0.1, 0.15) is 0 Å². The van der Waals surface area contributed by atoms with Crippen molar-refractivity contribution in [1.29, 1.82) is 0 Å². The maximum Gasteiger partial charge on any atom is 0.240 e. The van der Waals surface area contributed by atoms with Crippen LogP contribution >= 0.6 is 0 Å². The van der Waals surface area contributed by atoms with Crippen LogP contribution in [0.25, 0.3) is 10.9 Å². The number of halogens is 1. The number of aromatic nitrogens is 1. The molecule has 0 unspecified atom stereocenters. The number of fused-ring (bicyclic) bond motifs is 1. The Morgan fingerprint density at radius 1 is 1.46 bits per heavy atom. The molecule has 0 bridgehead atoms. The third kappa shape index (κ3) is 1.13. The first kappa shape index (κ1) is 7.71. The van der Waals surface area contributed by atoms with Gasteiger partial charge in [0.2, 0.25) is 6.08 Å². The van der Waals surface area contributed by atoms with Crippen molar-refractivity contribution in [2.45, 2.75) is 0 Å². The Labute approximate surface area is 72.9 Å². The molecule has 1 N–H and O–H groups in total. The van der Waals surface area contributed by atoms with Crippen LogP contribution in [-0.2, 0) is 4.79 Å². The average Bonchev–Trinajstić information content (AvgIpc) is 2.51. The van der Waals surface area contributed by atoms with Crippen LogP contribution in [0.2, 0.25) is 0 Å². The van der Waals surface area contributed by atoms with Crippen LogP contribution < -0.4 is 0 Å². The van der Waals surface area contributed by atoms with E-state index in [4.69, 9.17) is 0 Å². The van der Waals surface area contributed by atoms with Gasteiger partial charge in [0.25, 0.3) is 0 Å². The van der Waals surface area contributed by atoms with Gasteiger partial charge in [-0.3, -0.25) is 0 Å². The Bertz CT molecular complexity index is 497. The highest BCUT2D eigenvalue weighted by atomic mass is 19.1. The molecule has 1 aromatic heterocycles. The zero-order chi connectivity index (χ0) is 9.26. The SMILES string of the molecule is O=C=Nc1c[nH]c2cccc(F)c12. The average molecular weight is 176 g/mol. The molecule has 1 heterocycles. The number of aromatic amines is 1. The quantitative estimate of drug-likeness (QED) is 0.525. The van der Waals surface area contributed by atoms with Crippen LogP contribution in [0.3, 0.4) is 0 Å². The number of nitrogens with one attached hydrogen (secondary N) is 1. The summed E-state index contributed by atoms with van der Waals surface area (Å²) in [6.45, 7) is 0. The maximum absolute atomic E-state index is 13.2. The Kier molecular flexibility index (Phi) is 1.69. The molecule has 0 radical (unpaired) electrons. The predicted octanol–water partition coefficient (Wildman–Crippen LogP) is 2.27. The van der Waals surface area contributed by atoms with E-state index in [2.05, 4.69) is 9.98 Å². The smallest absolute Gasteiger partial charge is 0.240 e. The Morgan fingerprint density at radius 2 is 2.31 bits per heavy atom. The van der Waals surface area contributed by atoms with Gasteiger partial charge in [-0.2, -0.15) is 4.99 Å². The number of hydrogen-bond donors (Lipinski definition) is 1. The molecule has 2 rings (SSSR count). The van der Waals surface area contributed by atoms with E-state index < -0.39 is 5.82 Å². The van der Waals surface area contributed by atoms with E-state index >= 15 is 0 Å². The predicted molar refractivity (Wildman–Crippen MR) is 46.0 cm³/mol. The van der Waals surface area contributed by atoms with Gasteiger partial charge in [-0.25, -0.2) is 9.18 Å². The van der Waals surface area contributed by atoms with Gasteiger partial charge in [0.1, 0.15) is 11.5 Å². The zero-order valence-electron chi connectivity index (χ0n) is 6.54. The second kappa shape index (κ2) is 2.84. The second-order valence-corrected chi connectivity index (χ2v) is 2.54. The summed E-state index contributed by atoms with van der Waals surface area (Å²) in [5.41, 5.74) is 0.900. The van der Waals surface area contributed by atoms with E-state index in [1.165, 1.54) is 18.3 Å². The lowest BCUT2D eigenvalue weighted by molar-refractivity contribution is 0.565. The van der Waals surface area contributed by atoms with Crippen molar-refractivity contribution in [2.24, 2.45) is 4.99 Å². The molecule has 0 aliphatic rings. The summed E-state index contributed by atoms with van der Waals surface area (Å²) in [5.74, 6) is -0.396. The number of hydrogen-bond acceptors (Lipinski definition) is 2. The Hall–Kier alpha value is -1.93. The molecule has 0 aliphatic heterocycles. The molecule has 4 heteroatoms. The van der Waals surface area contributed by atoms with Gasteiger partial charge in [0.15, 0.2) is 0 Å². The summed E-state index contributed by atoms with van der Waals surface area (Å²) < 4.78 is 13.2. The first-order valence-electron chi connectivity index (χ1n) is 3.66. The molecule has 0 atom stereocenters. The maximum atomic E-state index is 13.2. The van der Waals surface area contributed by atoms with Gasteiger partial charge in [-0.1, -0.05) is 6.07 Å². The number of benzene rings is 1. The zero-order valence-corrected chi connectivity index (χ0v) is 6.54. The summed E-state index contributed by atoms with van der Waals surface area (Å²) in [7, 11) is 0. The van der Waals surface area contributed by atoms with Crippen molar-refractivity contribution in [1.82, 2.24) is 4.98 Å². The fourth-order valence-corrected chi connectivity index (χ4v) is 1.26. The van der Waals surface area contributed by atoms with E-state index in [1.54, 1.807) is 12.1 Å². The topological polar surface area (TPSA) is 45.2 Å². The number of rotatable bonds is 1. The molecule has 2 aromatic rings. The lowest BCUT2D eigenvalue weighted by Gasteiger charge is -1.91. The molecular formula is C9H5FN2O. The minimum absolute atomic E-state index is 0.281. The van der Waals surface area contributed by atoms with Gasteiger partial charge in [0.05, 0.1) is 10.9 Å². The van der Waals surface area contributed by atoms with Gasteiger partial charge < -0.3 is 4.98 Å². The van der Waals surface area contributed by atoms with Crippen LogP contribution in [-0.4, -0.2) is 11.1 Å². The van der Waals surface area contributed by atoms with E-state index in [9.17, 15) is 9.18 Å². The van der Waals surface area contributed by atoms with Gasteiger partial charge in [0, 0.05) is 6.20 Å². The van der Waals surface area contributed by atoms with Gasteiger partial charge in [-0.15, -0.1) is 0 Å². The summed E-state index contributed by atoms with van der Waals surface area (Å²) in [4.78, 5) is 16.2. The Morgan fingerprint density at radius 3 is 3.08 bits per heavy atom. The van der Waals surface area contributed by atoms with Crippen molar-refractivity contribution in [3.05, 3.63) is 30.2 Å². The van der Waals surface area contributed by atoms with Crippen LogP contribution in [0.5, 0.6) is 0 Å². The fourth-order valence-electron chi connectivity index (χ4n) is 1.26. The van der Waals surface area contributed by atoms with Crippen molar-refractivity contribution < 1.29 is 9.18 Å². The molecule has 0 spiro atoms. The molecule has 13 heavy (non-hydrogen) atoms. The molecule has 0 saturated heterocycles. The lowest BCUT2D eigenvalue weighted by Crippen LogP contribution is -1.74. The van der Waals surface area contributed by atoms with Crippen LogP contribution in [0, 0.1) is 5.82 Å². The van der Waals surface area contributed by atoms with Crippen molar-refractivity contribution in [2.75, 3.05) is 0 Å². The van der Waals surface area contributed by atoms with Crippen molar-refractivity contribution in [3.8, 4) is 0 Å². The molecule has 0 aliphatic carbocycles. The first-order valence-corrected chi connectivity index (χ1v) is 3.66. The number of H-pyrrole nitrogens is 1. The highest BCUT2D eigenvalue weighted by Gasteiger charge is 2.06. The van der Waals surface area contributed by atoms with E-state index in [-0.39, 0.29) is 5.69 Å². The summed E-state index contributed by atoms with van der Waals surface area (Å²) in [6.07, 6.45) is 2.85. The number of carbonyl (C=O) groups excluding carboxylic acids is 1. The highest BCUT2D eigenvalue weighted by molar-refractivity contribution is 5.92. The monoisotopic (exact) mass is 176 g/mol. The second-order valence-electron chi connectivity index (χ2n) is 2.54. The molecule has 0 amide bonds. The van der Waals surface area contributed by atoms with E-state index in [1.807, 2.05) is 0 Å². The lowest BCUT2D eigenvalue weighted by atomic mass is 10.2. The minimum atomic E-state index is -0.396. The van der Waals surface area contributed by atoms with E-state index in [0.717, 1.165) is 0 Å². The summed E-state index contributed by atoms with van der Waals surface area (Å²) in [6, 6.07) is 4.62. The summed E-state index contributed by atoms with van der Waals surface area (Å²) >= 11 is 0. The number of nitrogens with zero attached hydrogens (tertiary/aromatic N) is 1. The highest BCUT2D eigenvalue weighted by Crippen LogP contribution is 2.27. The van der Waals surface area contributed by atoms with Gasteiger partial charge >= 0.3 is 0 Å². The standard InChI is InChI=1S/C9H5FN2O/c10-6-2-1-3-7-9(6)8(4-11-7)12-5-13/h1-4,11H. The Balaban J connectivity index is 2.85. The summed E-state index contributed by atoms with van der Waals surface area (Å²) in [5, 5.41) is 0.325. The third-order valence-electron chi connectivity index (χ3n) is 1.80. The normalized spacial score (nSPS) is 9.92.